The van der Waals surface area contributed by atoms with Crippen LogP contribution in [-0.4, -0.2) is 71.6 Å². The maximum absolute atomic E-state index is 13.5. The van der Waals surface area contributed by atoms with E-state index in [2.05, 4.69) is 10.6 Å². The van der Waals surface area contributed by atoms with Crippen molar-refractivity contribution in [2.45, 2.75) is 38.8 Å². The molecule has 4 amide bonds. The van der Waals surface area contributed by atoms with Crippen LogP contribution in [0.3, 0.4) is 0 Å². The van der Waals surface area contributed by atoms with Crippen LogP contribution in [0.25, 0.3) is 0 Å². The number of urea groups is 1. The largest absolute Gasteiger partial charge is 0.487 e. The van der Waals surface area contributed by atoms with Crippen molar-refractivity contribution in [2.75, 3.05) is 37.4 Å². The van der Waals surface area contributed by atoms with Gasteiger partial charge in [0.1, 0.15) is 17.7 Å². The van der Waals surface area contributed by atoms with E-state index in [0.29, 0.717) is 23.7 Å². The molecule has 1 aliphatic carbocycles. The number of amides is 4. The summed E-state index contributed by atoms with van der Waals surface area (Å²) in [4.78, 5) is 41.6. The monoisotopic (exact) mass is 512 g/mol. The molecule has 4 rings (SSSR count). The third kappa shape index (κ3) is 6.37. The molecule has 37 heavy (non-hydrogen) atoms. The Morgan fingerprint density at radius 3 is 2.49 bits per heavy atom. The number of hydrogen-bond donors (Lipinski definition) is 3. The number of aliphatic hydroxyl groups is 1. The molecule has 3 atom stereocenters. The minimum absolute atomic E-state index is 0.0155. The van der Waals surface area contributed by atoms with Gasteiger partial charge in [0.25, 0.3) is 5.91 Å². The van der Waals surface area contributed by atoms with E-state index in [0.717, 1.165) is 12.8 Å². The number of carbonyl (C=O) groups excluding carboxylic acids is 3. The van der Waals surface area contributed by atoms with Crippen LogP contribution in [0.1, 0.15) is 37.0 Å². The maximum Gasteiger partial charge on any atom is 0.321 e. The fourth-order valence-corrected chi connectivity index (χ4v) is 4.21. The molecular formula is C27H33FN4O5. The smallest absolute Gasteiger partial charge is 0.321 e. The summed E-state index contributed by atoms with van der Waals surface area (Å²) in [6, 6.07) is 9.61. The SMILES string of the molecule is C[C@H]1CN([C@@H](C)CO)C(=O)c2cc(NC(=O)C3CC3)ccc2O[C@H]1CN(C)C(=O)Nc1ccc(F)cc1. The number of ether oxygens (including phenoxy) is 1. The van der Waals surface area contributed by atoms with Crippen LogP contribution in [0.5, 0.6) is 5.75 Å². The number of aliphatic hydroxyl groups excluding tert-OH is 1. The molecular weight excluding hydrogens is 479 g/mol. The number of halogens is 1. The number of nitrogens with zero attached hydrogens (tertiary/aromatic N) is 2. The zero-order chi connectivity index (χ0) is 26.7. The lowest BCUT2D eigenvalue weighted by Gasteiger charge is -2.38. The Morgan fingerprint density at radius 2 is 1.84 bits per heavy atom. The maximum atomic E-state index is 13.5. The van der Waals surface area contributed by atoms with Crippen molar-refractivity contribution in [2.24, 2.45) is 11.8 Å². The molecule has 10 heteroatoms. The molecule has 0 unspecified atom stereocenters. The molecule has 1 saturated carbocycles. The van der Waals surface area contributed by atoms with Gasteiger partial charge in [-0.15, -0.1) is 0 Å². The number of nitrogens with one attached hydrogen (secondary N) is 2. The molecule has 198 valence electrons. The van der Waals surface area contributed by atoms with Crippen LogP contribution in [-0.2, 0) is 4.79 Å². The van der Waals surface area contributed by atoms with Crippen LogP contribution in [0.4, 0.5) is 20.6 Å². The predicted octanol–water partition coefficient (Wildman–Crippen LogP) is 3.56. The second-order valence-electron chi connectivity index (χ2n) is 9.91. The van der Waals surface area contributed by atoms with E-state index in [-0.39, 0.29) is 48.4 Å². The number of benzene rings is 2. The van der Waals surface area contributed by atoms with Crippen LogP contribution in [0, 0.1) is 17.7 Å². The molecule has 1 aliphatic heterocycles. The average Bonchev–Trinajstić information content (AvgIpc) is 3.73. The lowest BCUT2D eigenvalue weighted by Crippen LogP contribution is -2.50. The fourth-order valence-electron chi connectivity index (χ4n) is 4.21. The minimum Gasteiger partial charge on any atom is -0.487 e. The van der Waals surface area contributed by atoms with Crippen molar-refractivity contribution >= 4 is 29.2 Å². The van der Waals surface area contributed by atoms with Crippen molar-refractivity contribution < 1.29 is 28.6 Å². The molecule has 9 nitrogen and oxygen atoms in total. The lowest BCUT2D eigenvalue weighted by atomic mass is 9.99. The zero-order valence-electron chi connectivity index (χ0n) is 21.2. The Kier molecular flexibility index (Phi) is 7.97. The normalized spacial score (nSPS) is 20.1. The van der Waals surface area contributed by atoms with E-state index in [9.17, 15) is 23.9 Å². The minimum atomic E-state index is -0.476. The number of fused-ring (bicyclic) bond motifs is 1. The summed E-state index contributed by atoms with van der Waals surface area (Å²) in [5.74, 6) is -0.586. The van der Waals surface area contributed by atoms with Crippen molar-refractivity contribution in [3.63, 3.8) is 0 Å². The van der Waals surface area contributed by atoms with Crippen molar-refractivity contribution in [1.29, 1.82) is 0 Å². The Hall–Kier alpha value is -3.66. The highest BCUT2D eigenvalue weighted by atomic mass is 19.1. The molecule has 1 fully saturated rings. The van der Waals surface area contributed by atoms with Gasteiger partial charge in [-0.2, -0.15) is 0 Å². The predicted molar refractivity (Wildman–Crippen MR) is 137 cm³/mol. The highest BCUT2D eigenvalue weighted by molar-refractivity contribution is 6.00. The Labute approximate surface area is 215 Å². The quantitative estimate of drug-likeness (QED) is 0.525. The van der Waals surface area contributed by atoms with Crippen molar-refractivity contribution in [3.8, 4) is 5.75 Å². The first-order valence-electron chi connectivity index (χ1n) is 12.5. The third-order valence-corrected chi connectivity index (χ3v) is 6.78. The lowest BCUT2D eigenvalue weighted by molar-refractivity contribution is -0.117. The van der Waals surface area contributed by atoms with E-state index in [1.165, 1.54) is 29.2 Å². The number of carbonyl (C=O) groups is 3. The summed E-state index contributed by atoms with van der Waals surface area (Å²) in [6.45, 7) is 4.00. The van der Waals surface area contributed by atoms with Crippen LogP contribution in [0.15, 0.2) is 42.5 Å². The van der Waals surface area contributed by atoms with Gasteiger partial charge >= 0.3 is 6.03 Å². The van der Waals surface area contributed by atoms with Crippen molar-refractivity contribution in [3.05, 3.63) is 53.8 Å². The highest BCUT2D eigenvalue weighted by Gasteiger charge is 2.35. The van der Waals surface area contributed by atoms with Crippen LogP contribution in [0.2, 0.25) is 0 Å². The van der Waals surface area contributed by atoms with Gasteiger partial charge in [-0.3, -0.25) is 9.59 Å². The van der Waals surface area contributed by atoms with E-state index < -0.39 is 18.0 Å². The van der Waals surface area contributed by atoms with E-state index >= 15 is 0 Å². The molecule has 1 heterocycles. The molecule has 0 aromatic heterocycles. The second kappa shape index (κ2) is 11.2. The van der Waals surface area contributed by atoms with Gasteiger partial charge in [0.05, 0.1) is 24.8 Å². The first-order chi connectivity index (χ1) is 17.7. The summed E-state index contributed by atoms with van der Waals surface area (Å²) in [5, 5.41) is 15.4. The van der Waals surface area contributed by atoms with Gasteiger partial charge in [0.2, 0.25) is 5.91 Å². The molecule has 0 radical (unpaired) electrons. The highest BCUT2D eigenvalue weighted by Crippen LogP contribution is 2.33. The van der Waals surface area contributed by atoms with Gasteiger partial charge in [0.15, 0.2) is 0 Å². The summed E-state index contributed by atoms with van der Waals surface area (Å²) < 4.78 is 19.5. The summed E-state index contributed by atoms with van der Waals surface area (Å²) >= 11 is 0. The average molecular weight is 513 g/mol. The Bertz CT molecular complexity index is 1150. The van der Waals surface area contributed by atoms with Gasteiger partial charge in [0, 0.05) is 36.8 Å². The topological polar surface area (TPSA) is 111 Å². The van der Waals surface area contributed by atoms with Gasteiger partial charge < -0.3 is 30.3 Å². The van der Waals surface area contributed by atoms with Gasteiger partial charge in [-0.1, -0.05) is 6.92 Å². The summed E-state index contributed by atoms with van der Waals surface area (Å²) in [7, 11) is 1.63. The standard InChI is InChI=1S/C27H33FN4O5/c1-16-13-32(17(2)15-33)26(35)22-12-21(29-25(34)18-4-5-18)10-11-23(22)37-24(16)14-31(3)27(36)30-20-8-6-19(28)7-9-20/h6-12,16-18,24,33H,4-5,13-15H2,1-3H3,(H,29,34)(H,30,36)/t16-,17-,24-/m0/s1. The molecule has 3 N–H and O–H groups in total. The summed E-state index contributed by atoms with van der Waals surface area (Å²) in [6.07, 6.45) is 1.25. The van der Waals surface area contributed by atoms with E-state index in [1.807, 2.05) is 6.92 Å². The van der Waals surface area contributed by atoms with Gasteiger partial charge in [-0.05, 0) is 62.2 Å². The number of anilines is 2. The first kappa shape index (κ1) is 26.4. The Balaban J connectivity index is 1.56. The van der Waals surface area contributed by atoms with Gasteiger partial charge in [-0.25, -0.2) is 9.18 Å². The summed E-state index contributed by atoms with van der Waals surface area (Å²) in [5.41, 5.74) is 1.25. The van der Waals surface area contributed by atoms with Crippen LogP contribution < -0.4 is 15.4 Å². The van der Waals surface area contributed by atoms with Crippen LogP contribution >= 0.6 is 0 Å². The molecule has 0 spiro atoms. The number of rotatable bonds is 7. The number of hydrogen-bond acceptors (Lipinski definition) is 5. The molecule has 2 aromatic carbocycles. The fraction of sp³-hybridized carbons (Fsp3) is 0.444. The Morgan fingerprint density at radius 1 is 1.16 bits per heavy atom. The molecule has 2 aromatic rings. The first-order valence-corrected chi connectivity index (χ1v) is 12.5. The third-order valence-electron chi connectivity index (χ3n) is 6.78. The second-order valence-corrected chi connectivity index (χ2v) is 9.91. The van der Waals surface area contributed by atoms with E-state index in [4.69, 9.17) is 4.74 Å². The molecule has 0 saturated heterocycles. The van der Waals surface area contributed by atoms with Crippen molar-refractivity contribution in [1.82, 2.24) is 9.80 Å². The molecule has 2 aliphatic rings. The number of likely N-dealkylation sites (N-methyl/N-ethyl adjacent to an activating group) is 1. The zero-order valence-corrected chi connectivity index (χ0v) is 21.2. The van der Waals surface area contributed by atoms with E-state index in [1.54, 1.807) is 37.1 Å². The molecule has 0 bridgehead atoms.